The Kier molecular flexibility index (Phi) is 9.74. The predicted octanol–water partition coefficient (Wildman–Crippen LogP) is 8.68. The summed E-state index contributed by atoms with van der Waals surface area (Å²) in [7, 11) is 0. The lowest BCUT2D eigenvalue weighted by molar-refractivity contribution is 0.0466. The SMILES string of the molecule is CCCCOC1CC=C(c2ccc(OCC3(c4ccc(OCC)c(F)c4F)CCCCC3)c(F)c2F)CC1. The molecule has 0 radical (unpaired) electrons. The number of rotatable bonds is 11. The van der Waals surface area contributed by atoms with Crippen molar-refractivity contribution in [1.82, 2.24) is 0 Å². The van der Waals surface area contributed by atoms with Gasteiger partial charge in [-0.05, 0) is 69.2 Å². The maximum absolute atomic E-state index is 15.2. The molecule has 2 aromatic carbocycles. The first kappa shape index (κ1) is 28.5. The third kappa shape index (κ3) is 6.19. The van der Waals surface area contributed by atoms with Crippen molar-refractivity contribution in [3.8, 4) is 11.5 Å². The molecule has 1 unspecified atom stereocenters. The van der Waals surface area contributed by atoms with E-state index in [-0.39, 0.29) is 41.9 Å². The Balaban J connectivity index is 1.51. The number of hydrogen-bond donors (Lipinski definition) is 0. The predicted molar refractivity (Wildman–Crippen MR) is 141 cm³/mol. The van der Waals surface area contributed by atoms with E-state index >= 15 is 13.2 Å². The minimum atomic E-state index is -1.06. The van der Waals surface area contributed by atoms with Crippen LogP contribution in [0.5, 0.6) is 11.5 Å². The molecular formula is C31H38F4O3. The highest BCUT2D eigenvalue weighted by atomic mass is 19.2. The molecule has 208 valence electrons. The number of allylic oxidation sites excluding steroid dienone is 1. The van der Waals surface area contributed by atoms with E-state index in [9.17, 15) is 4.39 Å². The van der Waals surface area contributed by atoms with Crippen LogP contribution in [0, 0.1) is 23.3 Å². The van der Waals surface area contributed by atoms with Crippen molar-refractivity contribution in [2.45, 2.75) is 89.6 Å². The Morgan fingerprint density at radius 3 is 2.24 bits per heavy atom. The van der Waals surface area contributed by atoms with Gasteiger partial charge in [0.05, 0.1) is 19.3 Å². The summed E-state index contributed by atoms with van der Waals surface area (Å²) in [6.07, 6.45) is 9.89. The van der Waals surface area contributed by atoms with Crippen LogP contribution < -0.4 is 9.47 Å². The molecule has 0 aliphatic heterocycles. The Bertz CT molecular complexity index is 1120. The molecule has 7 heteroatoms. The van der Waals surface area contributed by atoms with Gasteiger partial charge in [0.15, 0.2) is 23.1 Å². The summed E-state index contributed by atoms with van der Waals surface area (Å²) >= 11 is 0. The fourth-order valence-electron chi connectivity index (χ4n) is 5.64. The van der Waals surface area contributed by atoms with Crippen LogP contribution in [0.2, 0.25) is 0 Å². The minimum absolute atomic E-state index is 0.0769. The van der Waals surface area contributed by atoms with Crippen molar-refractivity contribution in [2.24, 2.45) is 0 Å². The van der Waals surface area contributed by atoms with E-state index < -0.39 is 28.7 Å². The molecule has 2 aliphatic rings. The first-order valence-electron chi connectivity index (χ1n) is 13.9. The summed E-state index contributed by atoms with van der Waals surface area (Å²) in [4.78, 5) is 0. The van der Waals surface area contributed by atoms with Gasteiger partial charge < -0.3 is 14.2 Å². The summed E-state index contributed by atoms with van der Waals surface area (Å²) in [5.74, 6) is -4.37. The lowest BCUT2D eigenvalue weighted by Crippen LogP contribution is -2.37. The topological polar surface area (TPSA) is 27.7 Å². The molecule has 3 nitrogen and oxygen atoms in total. The summed E-state index contributed by atoms with van der Waals surface area (Å²) < 4.78 is 77.1. The number of halogens is 4. The van der Waals surface area contributed by atoms with Gasteiger partial charge in [0, 0.05) is 23.1 Å². The molecule has 2 aliphatic carbocycles. The zero-order valence-corrected chi connectivity index (χ0v) is 22.4. The molecule has 1 saturated carbocycles. The fraction of sp³-hybridized carbons (Fsp3) is 0.548. The van der Waals surface area contributed by atoms with Gasteiger partial charge in [0.25, 0.3) is 0 Å². The van der Waals surface area contributed by atoms with Gasteiger partial charge >= 0.3 is 0 Å². The van der Waals surface area contributed by atoms with Gasteiger partial charge in [0.1, 0.15) is 0 Å². The number of hydrogen-bond acceptors (Lipinski definition) is 3. The van der Waals surface area contributed by atoms with Gasteiger partial charge in [-0.15, -0.1) is 0 Å². The van der Waals surface area contributed by atoms with Crippen molar-refractivity contribution in [2.75, 3.05) is 19.8 Å². The quantitative estimate of drug-likeness (QED) is 0.213. The van der Waals surface area contributed by atoms with E-state index in [4.69, 9.17) is 14.2 Å². The van der Waals surface area contributed by atoms with Gasteiger partial charge in [0.2, 0.25) is 11.6 Å². The highest BCUT2D eigenvalue weighted by molar-refractivity contribution is 5.67. The summed E-state index contributed by atoms with van der Waals surface area (Å²) in [5.41, 5.74) is 0.348. The Morgan fingerprint density at radius 1 is 0.842 bits per heavy atom. The van der Waals surface area contributed by atoms with E-state index in [2.05, 4.69) is 6.92 Å². The second-order valence-electron chi connectivity index (χ2n) is 10.4. The molecule has 0 amide bonds. The number of benzene rings is 2. The second kappa shape index (κ2) is 13.0. The van der Waals surface area contributed by atoms with Crippen molar-refractivity contribution < 1.29 is 31.8 Å². The average Bonchev–Trinajstić information content (AvgIpc) is 2.93. The monoisotopic (exact) mass is 534 g/mol. The normalized spacial score (nSPS) is 19.2. The summed E-state index contributed by atoms with van der Waals surface area (Å²) in [6.45, 7) is 4.67. The molecule has 0 bridgehead atoms. The smallest absolute Gasteiger partial charge is 0.201 e. The zero-order chi connectivity index (χ0) is 27.1. The van der Waals surface area contributed by atoms with Crippen molar-refractivity contribution >= 4 is 5.57 Å². The van der Waals surface area contributed by atoms with E-state index in [1.54, 1.807) is 13.0 Å². The maximum atomic E-state index is 15.2. The number of unbranched alkanes of at least 4 members (excludes halogenated alkanes) is 1. The Morgan fingerprint density at radius 2 is 1.55 bits per heavy atom. The third-order valence-corrected chi connectivity index (χ3v) is 7.84. The molecule has 1 fully saturated rings. The van der Waals surface area contributed by atoms with Crippen LogP contribution in [-0.4, -0.2) is 25.9 Å². The van der Waals surface area contributed by atoms with Crippen LogP contribution in [0.15, 0.2) is 30.3 Å². The standard InChI is InChI=1S/C31H38F4O3/c1-3-5-19-37-22-11-9-21(10-12-22)23-13-15-26(29(34)27(23)32)38-20-31(17-7-6-8-18-31)24-14-16-25(36-4-2)30(35)28(24)33/h9,13-16,22H,3-8,10-12,17-20H2,1-2H3. The van der Waals surface area contributed by atoms with Crippen LogP contribution >= 0.6 is 0 Å². The van der Waals surface area contributed by atoms with Crippen molar-refractivity contribution in [3.05, 3.63) is 64.7 Å². The van der Waals surface area contributed by atoms with Crippen LogP contribution in [0.1, 0.15) is 89.2 Å². The highest BCUT2D eigenvalue weighted by Crippen LogP contribution is 2.43. The van der Waals surface area contributed by atoms with Crippen LogP contribution in [0.4, 0.5) is 17.6 Å². The Labute approximate surface area is 223 Å². The van der Waals surface area contributed by atoms with E-state index in [1.165, 1.54) is 18.2 Å². The molecule has 0 N–H and O–H groups in total. The summed E-state index contributed by atoms with van der Waals surface area (Å²) in [6, 6.07) is 5.94. The fourth-order valence-corrected chi connectivity index (χ4v) is 5.64. The minimum Gasteiger partial charge on any atom is -0.491 e. The molecule has 38 heavy (non-hydrogen) atoms. The van der Waals surface area contributed by atoms with Crippen LogP contribution in [0.3, 0.4) is 0 Å². The molecule has 0 aromatic heterocycles. The summed E-state index contributed by atoms with van der Waals surface area (Å²) in [5, 5.41) is 0. The first-order chi connectivity index (χ1) is 18.4. The molecule has 0 heterocycles. The zero-order valence-electron chi connectivity index (χ0n) is 22.4. The first-order valence-corrected chi connectivity index (χ1v) is 13.9. The van der Waals surface area contributed by atoms with Crippen molar-refractivity contribution in [1.29, 1.82) is 0 Å². The second-order valence-corrected chi connectivity index (χ2v) is 10.4. The molecule has 0 saturated heterocycles. The van der Waals surface area contributed by atoms with E-state index in [1.807, 2.05) is 6.08 Å². The lowest BCUT2D eigenvalue weighted by Gasteiger charge is -2.38. The van der Waals surface area contributed by atoms with Crippen LogP contribution in [-0.2, 0) is 10.2 Å². The molecular weight excluding hydrogens is 496 g/mol. The van der Waals surface area contributed by atoms with Gasteiger partial charge in [-0.25, -0.2) is 8.78 Å². The van der Waals surface area contributed by atoms with Gasteiger partial charge in [-0.1, -0.05) is 44.7 Å². The van der Waals surface area contributed by atoms with Gasteiger partial charge in [-0.3, -0.25) is 0 Å². The number of ether oxygens (including phenoxy) is 3. The Hall–Kier alpha value is -2.54. The molecule has 1 atom stereocenters. The average molecular weight is 535 g/mol. The lowest BCUT2D eigenvalue weighted by atomic mass is 9.69. The third-order valence-electron chi connectivity index (χ3n) is 7.84. The van der Waals surface area contributed by atoms with E-state index in [0.29, 0.717) is 32.3 Å². The van der Waals surface area contributed by atoms with Crippen molar-refractivity contribution in [3.63, 3.8) is 0 Å². The molecule has 0 spiro atoms. The maximum Gasteiger partial charge on any atom is 0.201 e. The largest absolute Gasteiger partial charge is 0.491 e. The van der Waals surface area contributed by atoms with E-state index in [0.717, 1.165) is 44.1 Å². The molecule has 4 rings (SSSR count). The van der Waals surface area contributed by atoms with Gasteiger partial charge in [-0.2, -0.15) is 8.78 Å². The van der Waals surface area contributed by atoms with Crippen LogP contribution in [0.25, 0.3) is 5.57 Å². The molecule has 2 aromatic rings. The highest BCUT2D eigenvalue weighted by Gasteiger charge is 2.39.